The summed E-state index contributed by atoms with van der Waals surface area (Å²) in [7, 11) is 1.79. The van der Waals surface area contributed by atoms with Gasteiger partial charge in [-0.25, -0.2) is 4.98 Å². The van der Waals surface area contributed by atoms with Crippen molar-refractivity contribution >= 4 is 41.7 Å². The molecule has 2 rings (SSSR count). The second-order valence-corrected chi connectivity index (χ2v) is 5.43. The van der Waals surface area contributed by atoms with E-state index >= 15 is 0 Å². The topological polar surface area (TPSA) is 54.2 Å². The average Bonchev–Trinajstić information content (AvgIpc) is 3.05. The Bertz CT molecular complexity index is 571. The van der Waals surface area contributed by atoms with E-state index in [1.54, 1.807) is 13.2 Å². The predicted octanol–water partition coefficient (Wildman–Crippen LogP) is 2.52. The van der Waals surface area contributed by atoms with Gasteiger partial charge in [0.25, 0.3) is 0 Å². The van der Waals surface area contributed by atoms with Crippen molar-refractivity contribution < 1.29 is 0 Å². The largest absolute Gasteiger partial charge is 0.356 e. The fourth-order valence-corrected chi connectivity index (χ4v) is 2.29. The van der Waals surface area contributed by atoms with Gasteiger partial charge >= 0.3 is 0 Å². The van der Waals surface area contributed by atoms with Gasteiger partial charge in [0.05, 0.1) is 12.0 Å². The molecular formula is C15H22IN5S. The third-order valence-electron chi connectivity index (χ3n) is 3.04. The molecule has 1 aromatic carbocycles. The molecule has 1 aromatic heterocycles. The highest BCUT2D eigenvalue weighted by molar-refractivity contribution is 14.0. The molecule has 0 fully saturated rings. The molecule has 22 heavy (non-hydrogen) atoms. The molecular weight excluding hydrogens is 409 g/mol. The predicted molar refractivity (Wildman–Crippen MR) is 106 cm³/mol. The summed E-state index contributed by atoms with van der Waals surface area (Å²) >= 11 is 1.81. The average molecular weight is 431 g/mol. The molecule has 0 saturated heterocycles. The Morgan fingerprint density at radius 2 is 2.14 bits per heavy atom. The molecule has 0 aliphatic carbocycles. The number of guanidine groups is 1. The van der Waals surface area contributed by atoms with Crippen molar-refractivity contribution in [1.29, 1.82) is 0 Å². The molecule has 0 bridgehead atoms. The number of aliphatic imine (C=N–C) groups is 1. The van der Waals surface area contributed by atoms with Crippen LogP contribution in [0.5, 0.6) is 0 Å². The SMILES string of the molecule is CN=C(NCCSC)NCc1ccccc1-n1ccnc1.I. The molecule has 0 aliphatic rings. The maximum absolute atomic E-state index is 4.23. The minimum absolute atomic E-state index is 0. The van der Waals surface area contributed by atoms with Crippen molar-refractivity contribution in [2.75, 3.05) is 25.6 Å². The molecule has 0 radical (unpaired) electrons. The second kappa shape index (κ2) is 10.5. The number of halogens is 1. The van der Waals surface area contributed by atoms with Crippen LogP contribution in [0.2, 0.25) is 0 Å². The van der Waals surface area contributed by atoms with E-state index in [9.17, 15) is 0 Å². The molecule has 0 atom stereocenters. The van der Waals surface area contributed by atoms with Crippen LogP contribution in [0.3, 0.4) is 0 Å². The Hall–Kier alpha value is -1.22. The third kappa shape index (κ3) is 5.53. The Balaban J connectivity index is 0.00000242. The van der Waals surface area contributed by atoms with Crippen LogP contribution in [0, 0.1) is 0 Å². The standard InChI is InChI=1S/C15H21N5S.HI/c1-16-15(18-8-10-21-2)19-11-13-5-3-4-6-14(13)20-9-7-17-12-20;/h3-7,9,12H,8,10-11H2,1-2H3,(H2,16,18,19);1H. The molecule has 120 valence electrons. The summed E-state index contributed by atoms with van der Waals surface area (Å²) in [4.78, 5) is 8.34. The quantitative estimate of drug-likeness (QED) is 0.320. The summed E-state index contributed by atoms with van der Waals surface area (Å²) in [5.74, 6) is 1.89. The van der Waals surface area contributed by atoms with Gasteiger partial charge in [-0.2, -0.15) is 11.8 Å². The van der Waals surface area contributed by atoms with Crippen LogP contribution >= 0.6 is 35.7 Å². The Labute approximate surface area is 153 Å². The summed E-state index contributed by atoms with van der Waals surface area (Å²) in [6, 6.07) is 8.27. The highest BCUT2D eigenvalue weighted by Gasteiger charge is 2.04. The molecule has 0 spiro atoms. The van der Waals surface area contributed by atoms with E-state index in [0.29, 0.717) is 6.54 Å². The Morgan fingerprint density at radius 3 is 2.82 bits per heavy atom. The maximum Gasteiger partial charge on any atom is 0.191 e. The molecule has 7 heteroatoms. The van der Waals surface area contributed by atoms with Crippen LogP contribution in [0.25, 0.3) is 5.69 Å². The molecule has 1 heterocycles. The first-order valence-electron chi connectivity index (χ1n) is 6.85. The van der Waals surface area contributed by atoms with E-state index in [2.05, 4.69) is 39.0 Å². The van der Waals surface area contributed by atoms with Gasteiger partial charge in [-0.05, 0) is 17.9 Å². The molecule has 0 aliphatic heterocycles. The summed E-state index contributed by atoms with van der Waals surface area (Å²) in [5, 5.41) is 6.64. The number of nitrogens with one attached hydrogen (secondary N) is 2. The number of imidazole rings is 1. The molecule has 2 N–H and O–H groups in total. The lowest BCUT2D eigenvalue weighted by Crippen LogP contribution is -2.38. The number of hydrogen-bond acceptors (Lipinski definition) is 3. The number of thioether (sulfide) groups is 1. The minimum atomic E-state index is 0. The number of para-hydroxylation sites is 1. The normalized spacial score (nSPS) is 10.9. The monoisotopic (exact) mass is 431 g/mol. The van der Waals surface area contributed by atoms with Crippen LogP contribution in [-0.4, -0.2) is 41.1 Å². The minimum Gasteiger partial charge on any atom is -0.356 e. The van der Waals surface area contributed by atoms with Crippen LogP contribution in [-0.2, 0) is 6.54 Å². The summed E-state index contributed by atoms with van der Waals surface area (Å²) in [5.41, 5.74) is 2.32. The van der Waals surface area contributed by atoms with Crippen LogP contribution in [0.1, 0.15) is 5.56 Å². The zero-order chi connectivity index (χ0) is 14.9. The van der Waals surface area contributed by atoms with Crippen molar-refractivity contribution in [2.24, 2.45) is 4.99 Å². The zero-order valence-corrected chi connectivity index (χ0v) is 16.0. The maximum atomic E-state index is 4.23. The molecule has 0 unspecified atom stereocenters. The number of rotatable bonds is 6. The van der Waals surface area contributed by atoms with Gasteiger partial charge in [-0.3, -0.25) is 4.99 Å². The van der Waals surface area contributed by atoms with E-state index in [4.69, 9.17) is 0 Å². The fourth-order valence-electron chi connectivity index (χ4n) is 1.98. The van der Waals surface area contributed by atoms with Gasteiger partial charge in [-0.1, -0.05) is 18.2 Å². The van der Waals surface area contributed by atoms with Gasteiger partial charge in [0, 0.05) is 38.3 Å². The first kappa shape index (κ1) is 18.8. The number of aromatic nitrogens is 2. The first-order valence-corrected chi connectivity index (χ1v) is 8.24. The first-order chi connectivity index (χ1) is 10.3. The lowest BCUT2D eigenvalue weighted by Gasteiger charge is -2.14. The van der Waals surface area contributed by atoms with E-state index in [1.165, 1.54) is 5.56 Å². The van der Waals surface area contributed by atoms with Crippen LogP contribution < -0.4 is 10.6 Å². The van der Waals surface area contributed by atoms with Crippen molar-refractivity contribution in [3.05, 3.63) is 48.5 Å². The van der Waals surface area contributed by atoms with E-state index in [1.807, 2.05) is 41.0 Å². The number of nitrogens with zero attached hydrogens (tertiary/aromatic N) is 3. The Kier molecular flexibility index (Phi) is 8.98. The van der Waals surface area contributed by atoms with Crippen LogP contribution in [0.15, 0.2) is 48.0 Å². The van der Waals surface area contributed by atoms with Gasteiger partial charge in [0.1, 0.15) is 0 Å². The zero-order valence-electron chi connectivity index (χ0n) is 12.8. The van der Waals surface area contributed by atoms with Gasteiger partial charge in [0.15, 0.2) is 5.96 Å². The van der Waals surface area contributed by atoms with E-state index < -0.39 is 0 Å². The lowest BCUT2D eigenvalue weighted by molar-refractivity contribution is 0.825. The van der Waals surface area contributed by atoms with Crippen molar-refractivity contribution in [3.63, 3.8) is 0 Å². The van der Waals surface area contributed by atoms with Gasteiger partial charge in [0.2, 0.25) is 0 Å². The fraction of sp³-hybridized carbons (Fsp3) is 0.333. The van der Waals surface area contributed by atoms with Crippen molar-refractivity contribution in [2.45, 2.75) is 6.54 Å². The molecule has 0 amide bonds. The van der Waals surface area contributed by atoms with Crippen molar-refractivity contribution in [3.8, 4) is 5.69 Å². The summed E-state index contributed by atoms with van der Waals surface area (Å²) < 4.78 is 2.01. The van der Waals surface area contributed by atoms with E-state index in [0.717, 1.165) is 23.9 Å². The van der Waals surface area contributed by atoms with Crippen LogP contribution in [0.4, 0.5) is 0 Å². The Morgan fingerprint density at radius 1 is 1.32 bits per heavy atom. The molecule has 2 aromatic rings. The summed E-state index contributed by atoms with van der Waals surface area (Å²) in [6.45, 7) is 1.62. The highest BCUT2D eigenvalue weighted by Crippen LogP contribution is 2.13. The van der Waals surface area contributed by atoms with Gasteiger partial charge in [-0.15, -0.1) is 24.0 Å². The molecule has 0 saturated carbocycles. The second-order valence-electron chi connectivity index (χ2n) is 4.44. The third-order valence-corrected chi connectivity index (χ3v) is 3.66. The molecule has 5 nitrogen and oxygen atoms in total. The highest BCUT2D eigenvalue weighted by atomic mass is 127. The number of hydrogen-bond donors (Lipinski definition) is 2. The van der Waals surface area contributed by atoms with E-state index in [-0.39, 0.29) is 24.0 Å². The van der Waals surface area contributed by atoms with Crippen molar-refractivity contribution in [1.82, 2.24) is 20.2 Å². The van der Waals surface area contributed by atoms with Gasteiger partial charge < -0.3 is 15.2 Å². The lowest BCUT2D eigenvalue weighted by atomic mass is 10.1. The summed E-state index contributed by atoms with van der Waals surface area (Å²) in [6.07, 6.45) is 7.64. The number of benzene rings is 1. The smallest absolute Gasteiger partial charge is 0.191 e.